The molecule has 1 aliphatic heterocycles. The van der Waals surface area contributed by atoms with E-state index in [0.717, 1.165) is 37.5 Å². The van der Waals surface area contributed by atoms with Gasteiger partial charge in [-0.2, -0.15) is 0 Å². The summed E-state index contributed by atoms with van der Waals surface area (Å²) in [6.45, 7) is 6.56. The van der Waals surface area contributed by atoms with E-state index in [9.17, 15) is 4.79 Å². The van der Waals surface area contributed by atoms with E-state index in [1.807, 2.05) is 6.92 Å². The second kappa shape index (κ2) is 8.59. The van der Waals surface area contributed by atoms with Crippen LogP contribution in [0.5, 0.6) is 0 Å². The van der Waals surface area contributed by atoms with Gasteiger partial charge in [-0.25, -0.2) is 0 Å². The molecule has 1 heterocycles. The molecule has 1 saturated heterocycles. The summed E-state index contributed by atoms with van der Waals surface area (Å²) < 4.78 is 0. The minimum Gasteiger partial charge on any atom is -0.374 e. The summed E-state index contributed by atoms with van der Waals surface area (Å²) in [5.74, 6) is 0.918. The SMILES string of the molecule is CC1CCC(NC(=O)C(C)Nc2ccc(N3CCCCC3)cc2)CC1. The molecule has 2 fully saturated rings. The lowest BCUT2D eigenvalue weighted by Crippen LogP contribution is -2.44. The fourth-order valence-corrected chi connectivity index (χ4v) is 3.97. The molecule has 0 spiro atoms. The lowest BCUT2D eigenvalue weighted by Gasteiger charge is -2.29. The number of rotatable bonds is 5. The molecule has 4 nitrogen and oxygen atoms in total. The highest BCUT2D eigenvalue weighted by Crippen LogP contribution is 2.24. The summed E-state index contributed by atoms with van der Waals surface area (Å²) in [5, 5.41) is 6.55. The van der Waals surface area contributed by atoms with E-state index in [1.54, 1.807) is 0 Å². The lowest BCUT2D eigenvalue weighted by atomic mass is 9.87. The van der Waals surface area contributed by atoms with Crippen molar-refractivity contribution in [1.82, 2.24) is 5.32 Å². The van der Waals surface area contributed by atoms with Crippen LogP contribution in [0.1, 0.15) is 58.8 Å². The minimum atomic E-state index is -0.208. The number of nitrogens with one attached hydrogen (secondary N) is 2. The Morgan fingerprint density at radius 2 is 1.68 bits per heavy atom. The molecule has 0 radical (unpaired) electrons. The van der Waals surface area contributed by atoms with Crippen molar-refractivity contribution in [2.45, 2.75) is 70.9 Å². The summed E-state index contributed by atoms with van der Waals surface area (Å²) in [7, 11) is 0. The number of carbonyl (C=O) groups is 1. The average Bonchev–Trinajstić information content (AvgIpc) is 2.65. The third-order valence-corrected chi connectivity index (χ3v) is 5.73. The van der Waals surface area contributed by atoms with Crippen molar-refractivity contribution in [3.05, 3.63) is 24.3 Å². The van der Waals surface area contributed by atoms with Crippen LogP contribution in [0.3, 0.4) is 0 Å². The number of piperidine rings is 1. The molecular formula is C21H33N3O. The number of amides is 1. The van der Waals surface area contributed by atoms with Crippen LogP contribution in [0, 0.1) is 5.92 Å². The van der Waals surface area contributed by atoms with Gasteiger partial charge in [-0.05, 0) is 82.1 Å². The summed E-state index contributed by atoms with van der Waals surface area (Å²) in [6.07, 6.45) is 8.61. The maximum atomic E-state index is 12.4. The Labute approximate surface area is 152 Å². The summed E-state index contributed by atoms with van der Waals surface area (Å²) >= 11 is 0. The van der Waals surface area contributed by atoms with E-state index in [-0.39, 0.29) is 11.9 Å². The summed E-state index contributed by atoms with van der Waals surface area (Å²) in [5.41, 5.74) is 2.30. The Hall–Kier alpha value is -1.71. The molecule has 2 N–H and O–H groups in total. The zero-order chi connectivity index (χ0) is 17.6. The average molecular weight is 344 g/mol. The first-order valence-corrected chi connectivity index (χ1v) is 10.0. The van der Waals surface area contributed by atoms with Crippen molar-refractivity contribution >= 4 is 17.3 Å². The first-order valence-electron chi connectivity index (χ1n) is 10.0. The van der Waals surface area contributed by atoms with Crippen molar-refractivity contribution in [1.29, 1.82) is 0 Å². The van der Waals surface area contributed by atoms with Crippen LogP contribution in [0.2, 0.25) is 0 Å². The van der Waals surface area contributed by atoms with Crippen LogP contribution in [0.15, 0.2) is 24.3 Å². The van der Waals surface area contributed by atoms with Gasteiger partial charge in [0.05, 0.1) is 0 Å². The maximum absolute atomic E-state index is 12.4. The Morgan fingerprint density at radius 1 is 1.04 bits per heavy atom. The monoisotopic (exact) mass is 343 g/mol. The van der Waals surface area contributed by atoms with E-state index in [1.165, 1.54) is 37.8 Å². The van der Waals surface area contributed by atoms with Gasteiger partial charge in [0.2, 0.25) is 5.91 Å². The zero-order valence-electron chi connectivity index (χ0n) is 15.8. The van der Waals surface area contributed by atoms with Crippen LogP contribution in [-0.2, 0) is 4.79 Å². The van der Waals surface area contributed by atoms with Crippen LogP contribution in [0.4, 0.5) is 11.4 Å². The molecule has 0 aromatic heterocycles. The summed E-state index contributed by atoms with van der Waals surface area (Å²) in [6, 6.07) is 8.67. The van der Waals surface area contributed by atoms with E-state index in [0.29, 0.717) is 6.04 Å². The van der Waals surface area contributed by atoms with Gasteiger partial charge in [0, 0.05) is 30.5 Å². The van der Waals surface area contributed by atoms with Crippen LogP contribution in [0.25, 0.3) is 0 Å². The largest absolute Gasteiger partial charge is 0.374 e. The number of hydrogen-bond donors (Lipinski definition) is 2. The fraction of sp³-hybridized carbons (Fsp3) is 0.667. The predicted octanol–water partition coefficient (Wildman–Crippen LogP) is 4.17. The predicted molar refractivity (Wildman–Crippen MR) is 105 cm³/mol. The molecule has 138 valence electrons. The van der Waals surface area contributed by atoms with Crippen LogP contribution >= 0.6 is 0 Å². The molecule has 1 aromatic rings. The zero-order valence-corrected chi connectivity index (χ0v) is 15.8. The van der Waals surface area contributed by atoms with Gasteiger partial charge in [-0.1, -0.05) is 6.92 Å². The molecule has 2 aliphatic rings. The highest BCUT2D eigenvalue weighted by atomic mass is 16.2. The topological polar surface area (TPSA) is 44.4 Å². The van der Waals surface area contributed by atoms with Gasteiger partial charge in [0.15, 0.2) is 0 Å². The second-order valence-electron chi connectivity index (χ2n) is 7.93. The molecule has 1 saturated carbocycles. The second-order valence-corrected chi connectivity index (χ2v) is 7.93. The van der Waals surface area contributed by atoms with Gasteiger partial charge >= 0.3 is 0 Å². The van der Waals surface area contributed by atoms with Crippen molar-refractivity contribution in [3.8, 4) is 0 Å². The molecule has 0 bridgehead atoms. The Balaban J connectivity index is 1.48. The standard InChI is InChI=1S/C21H33N3O/c1-16-6-8-19(9-7-16)23-21(25)17(2)22-18-10-12-20(13-11-18)24-14-4-3-5-15-24/h10-13,16-17,19,22H,3-9,14-15H2,1-2H3,(H,23,25). The maximum Gasteiger partial charge on any atom is 0.242 e. The Bertz CT molecular complexity index is 543. The van der Waals surface area contributed by atoms with Crippen molar-refractivity contribution in [2.75, 3.05) is 23.3 Å². The summed E-state index contributed by atoms with van der Waals surface area (Å²) in [4.78, 5) is 14.9. The number of nitrogens with zero attached hydrogens (tertiary/aromatic N) is 1. The quantitative estimate of drug-likeness (QED) is 0.843. The highest BCUT2D eigenvalue weighted by molar-refractivity contribution is 5.84. The number of benzene rings is 1. The minimum absolute atomic E-state index is 0.111. The van der Waals surface area contributed by atoms with Crippen molar-refractivity contribution < 1.29 is 4.79 Å². The number of anilines is 2. The van der Waals surface area contributed by atoms with Gasteiger partial charge in [-0.3, -0.25) is 4.79 Å². The molecule has 1 unspecified atom stereocenters. The lowest BCUT2D eigenvalue weighted by molar-refractivity contribution is -0.122. The van der Waals surface area contributed by atoms with E-state index < -0.39 is 0 Å². The smallest absolute Gasteiger partial charge is 0.242 e. The van der Waals surface area contributed by atoms with E-state index in [4.69, 9.17) is 0 Å². The Kier molecular flexibility index (Phi) is 6.22. The highest BCUT2D eigenvalue weighted by Gasteiger charge is 2.22. The number of carbonyl (C=O) groups excluding carboxylic acids is 1. The fourth-order valence-electron chi connectivity index (χ4n) is 3.97. The molecule has 1 aromatic carbocycles. The van der Waals surface area contributed by atoms with E-state index >= 15 is 0 Å². The van der Waals surface area contributed by atoms with Gasteiger partial charge in [0.1, 0.15) is 6.04 Å². The third-order valence-electron chi connectivity index (χ3n) is 5.73. The van der Waals surface area contributed by atoms with Crippen LogP contribution < -0.4 is 15.5 Å². The third kappa shape index (κ3) is 5.13. The molecule has 3 rings (SSSR count). The number of hydrogen-bond acceptors (Lipinski definition) is 3. The molecular weight excluding hydrogens is 310 g/mol. The van der Waals surface area contributed by atoms with E-state index in [2.05, 4.69) is 46.7 Å². The van der Waals surface area contributed by atoms with Gasteiger partial charge in [-0.15, -0.1) is 0 Å². The van der Waals surface area contributed by atoms with Crippen LogP contribution in [-0.4, -0.2) is 31.1 Å². The molecule has 25 heavy (non-hydrogen) atoms. The molecule has 1 aliphatic carbocycles. The van der Waals surface area contributed by atoms with Gasteiger partial charge in [0.25, 0.3) is 0 Å². The van der Waals surface area contributed by atoms with Crippen molar-refractivity contribution in [2.24, 2.45) is 5.92 Å². The first-order chi connectivity index (χ1) is 12.1. The normalized spacial score (nSPS) is 25.3. The first kappa shape index (κ1) is 18.1. The molecule has 4 heteroatoms. The van der Waals surface area contributed by atoms with Gasteiger partial charge < -0.3 is 15.5 Å². The van der Waals surface area contributed by atoms with Crippen molar-refractivity contribution in [3.63, 3.8) is 0 Å². The molecule has 1 amide bonds. The molecule has 1 atom stereocenters. The Morgan fingerprint density at radius 3 is 2.32 bits per heavy atom.